The predicted molar refractivity (Wildman–Crippen MR) is 101 cm³/mol. The third kappa shape index (κ3) is 2.92. The Morgan fingerprint density at radius 1 is 1.08 bits per heavy atom. The van der Waals surface area contributed by atoms with E-state index >= 15 is 0 Å². The molecule has 1 amide bonds. The quantitative estimate of drug-likeness (QED) is 0.570. The van der Waals surface area contributed by atoms with Crippen LogP contribution in [0.3, 0.4) is 0 Å². The van der Waals surface area contributed by atoms with Gasteiger partial charge in [0.15, 0.2) is 10.8 Å². The largest absolute Gasteiger partial charge is 0.296 e. The Labute approximate surface area is 148 Å². The summed E-state index contributed by atoms with van der Waals surface area (Å²) >= 11 is 1.46. The maximum Gasteiger partial charge on any atom is 0.278 e. The van der Waals surface area contributed by atoms with Gasteiger partial charge in [-0.3, -0.25) is 15.2 Å². The zero-order valence-corrected chi connectivity index (χ0v) is 14.6. The molecule has 0 spiro atoms. The van der Waals surface area contributed by atoms with E-state index in [0.29, 0.717) is 10.8 Å². The molecule has 2 N–H and O–H groups in total. The average molecular weight is 348 g/mol. The molecular weight excluding hydrogens is 332 g/mol. The van der Waals surface area contributed by atoms with Gasteiger partial charge in [0.1, 0.15) is 0 Å². The van der Waals surface area contributed by atoms with Crippen LogP contribution in [0, 0.1) is 13.8 Å². The molecule has 0 aliphatic rings. The topological polar surface area (TPSA) is 70.7 Å². The number of rotatable bonds is 3. The number of amides is 1. The number of nitrogens with one attached hydrogen (secondary N) is 2. The SMILES string of the molecule is Cc1ccc(-c2nc(NC(=O)c3n[nH]c4ccccc34)sc2C)cc1. The first-order valence-electron chi connectivity index (χ1n) is 7.91. The smallest absolute Gasteiger partial charge is 0.278 e. The van der Waals surface area contributed by atoms with Crippen molar-refractivity contribution in [2.75, 3.05) is 5.32 Å². The number of carbonyl (C=O) groups is 1. The highest BCUT2D eigenvalue weighted by atomic mass is 32.1. The summed E-state index contributed by atoms with van der Waals surface area (Å²) in [6.07, 6.45) is 0. The van der Waals surface area contributed by atoms with Crippen molar-refractivity contribution in [2.24, 2.45) is 0 Å². The normalized spacial score (nSPS) is 11.0. The van der Waals surface area contributed by atoms with Crippen LogP contribution in [-0.2, 0) is 0 Å². The van der Waals surface area contributed by atoms with Crippen molar-refractivity contribution < 1.29 is 4.79 Å². The highest BCUT2D eigenvalue weighted by molar-refractivity contribution is 7.16. The number of thiazole rings is 1. The second-order valence-corrected chi connectivity index (χ2v) is 7.06. The summed E-state index contributed by atoms with van der Waals surface area (Å²) in [7, 11) is 0. The van der Waals surface area contributed by atoms with E-state index in [4.69, 9.17) is 0 Å². The molecular formula is C19H16N4OS. The number of aryl methyl sites for hydroxylation is 2. The molecule has 25 heavy (non-hydrogen) atoms. The van der Waals surface area contributed by atoms with Crippen LogP contribution in [0.1, 0.15) is 20.9 Å². The van der Waals surface area contributed by atoms with Crippen LogP contribution in [0.2, 0.25) is 0 Å². The van der Waals surface area contributed by atoms with Gasteiger partial charge in [-0.2, -0.15) is 5.10 Å². The number of carbonyl (C=O) groups excluding carboxylic acids is 1. The summed E-state index contributed by atoms with van der Waals surface area (Å²) < 4.78 is 0. The summed E-state index contributed by atoms with van der Waals surface area (Å²) in [6.45, 7) is 4.06. The molecule has 0 unspecified atom stereocenters. The van der Waals surface area contributed by atoms with Crippen molar-refractivity contribution in [1.82, 2.24) is 15.2 Å². The van der Waals surface area contributed by atoms with Gasteiger partial charge in [-0.15, -0.1) is 11.3 Å². The summed E-state index contributed by atoms with van der Waals surface area (Å²) in [6, 6.07) is 15.8. The molecule has 4 rings (SSSR count). The number of para-hydroxylation sites is 1. The summed E-state index contributed by atoms with van der Waals surface area (Å²) in [4.78, 5) is 18.2. The minimum atomic E-state index is -0.262. The number of hydrogen-bond acceptors (Lipinski definition) is 4. The summed E-state index contributed by atoms with van der Waals surface area (Å²) in [5, 5.41) is 11.2. The number of aromatic amines is 1. The number of H-pyrrole nitrogens is 1. The molecule has 124 valence electrons. The Bertz CT molecular complexity index is 1060. The molecule has 5 nitrogen and oxygen atoms in total. The van der Waals surface area contributed by atoms with E-state index in [1.807, 2.05) is 43.3 Å². The van der Waals surface area contributed by atoms with Gasteiger partial charge in [-0.05, 0) is 19.9 Å². The fourth-order valence-electron chi connectivity index (χ4n) is 2.72. The number of benzene rings is 2. The number of fused-ring (bicyclic) bond motifs is 1. The Morgan fingerprint density at radius 3 is 2.64 bits per heavy atom. The standard InChI is InChI=1S/C19H16N4OS/c1-11-7-9-13(10-8-11)16-12(2)25-19(20-16)21-18(24)17-14-5-3-4-6-15(14)22-23-17/h3-10H,1-2H3,(H,22,23)(H,20,21,24). The maximum absolute atomic E-state index is 12.6. The van der Waals surface area contributed by atoms with Crippen molar-refractivity contribution in [3.8, 4) is 11.3 Å². The first-order chi connectivity index (χ1) is 12.1. The van der Waals surface area contributed by atoms with Gasteiger partial charge in [0, 0.05) is 15.8 Å². The van der Waals surface area contributed by atoms with E-state index in [1.165, 1.54) is 16.9 Å². The fraction of sp³-hybridized carbons (Fsp3) is 0.105. The molecule has 2 aromatic carbocycles. The van der Waals surface area contributed by atoms with Gasteiger partial charge in [-0.25, -0.2) is 4.98 Å². The van der Waals surface area contributed by atoms with Crippen LogP contribution in [0.5, 0.6) is 0 Å². The minimum absolute atomic E-state index is 0.262. The fourth-order valence-corrected chi connectivity index (χ4v) is 3.55. The van der Waals surface area contributed by atoms with Crippen LogP contribution in [-0.4, -0.2) is 21.1 Å². The highest BCUT2D eigenvalue weighted by Crippen LogP contribution is 2.31. The molecule has 0 atom stereocenters. The lowest BCUT2D eigenvalue weighted by atomic mass is 10.1. The van der Waals surface area contributed by atoms with E-state index in [0.717, 1.165) is 27.0 Å². The molecule has 0 aliphatic heterocycles. The second-order valence-electron chi connectivity index (χ2n) is 5.86. The molecule has 2 heterocycles. The van der Waals surface area contributed by atoms with E-state index < -0.39 is 0 Å². The van der Waals surface area contributed by atoms with E-state index in [-0.39, 0.29) is 5.91 Å². The highest BCUT2D eigenvalue weighted by Gasteiger charge is 2.17. The van der Waals surface area contributed by atoms with E-state index in [9.17, 15) is 4.79 Å². The molecule has 0 saturated heterocycles. The molecule has 0 fully saturated rings. The Morgan fingerprint density at radius 2 is 1.84 bits per heavy atom. The monoisotopic (exact) mass is 348 g/mol. The van der Waals surface area contributed by atoms with Crippen molar-refractivity contribution in [1.29, 1.82) is 0 Å². The first kappa shape index (κ1) is 15.5. The molecule has 4 aromatic rings. The molecule has 0 bridgehead atoms. The van der Waals surface area contributed by atoms with Crippen molar-refractivity contribution >= 4 is 33.3 Å². The molecule has 0 saturated carbocycles. The van der Waals surface area contributed by atoms with Crippen molar-refractivity contribution in [2.45, 2.75) is 13.8 Å². The van der Waals surface area contributed by atoms with Crippen LogP contribution in [0.25, 0.3) is 22.2 Å². The van der Waals surface area contributed by atoms with Gasteiger partial charge in [-0.1, -0.05) is 48.0 Å². The van der Waals surface area contributed by atoms with Gasteiger partial charge in [0.25, 0.3) is 5.91 Å². The third-order valence-electron chi connectivity index (χ3n) is 4.03. The van der Waals surface area contributed by atoms with E-state index in [1.54, 1.807) is 0 Å². The summed E-state index contributed by atoms with van der Waals surface area (Å²) in [5.41, 5.74) is 4.36. The van der Waals surface area contributed by atoms with Gasteiger partial charge in [0.05, 0.1) is 11.2 Å². The lowest BCUT2D eigenvalue weighted by Crippen LogP contribution is -2.12. The van der Waals surface area contributed by atoms with Crippen LogP contribution >= 0.6 is 11.3 Å². The molecule has 0 radical (unpaired) electrons. The van der Waals surface area contributed by atoms with Gasteiger partial charge < -0.3 is 0 Å². The average Bonchev–Trinajstić information content (AvgIpc) is 3.19. The molecule has 6 heteroatoms. The van der Waals surface area contributed by atoms with Gasteiger partial charge in [0.2, 0.25) is 0 Å². The van der Waals surface area contributed by atoms with E-state index in [2.05, 4.69) is 39.6 Å². The van der Waals surface area contributed by atoms with Crippen LogP contribution in [0.4, 0.5) is 5.13 Å². The molecule has 0 aliphatic carbocycles. The summed E-state index contributed by atoms with van der Waals surface area (Å²) in [5.74, 6) is -0.262. The van der Waals surface area contributed by atoms with Crippen LogP contribution < -0.4 is 5.32 Å². The number of anilines is 1. The Balaban J connectivity index is 1.62. The van der Waals surface area contributed by atoms with Crippen molar-refractivity contribution in [3.05, 3.63) is 64.7 Å². The zero-order chi connectivity index (χ0) is 17.4. The second kappa shape index (κ2) is 6.14. The lowest BCUT2D eigenvalue weighted by molar-refractivity contribution is 0.102. The third-order valence-corrected chi connectivity index (χ3v) is 4.91. The lowest BCUT2D eigenvalue weighted by Gasteiger charge is -2.00. The number of hydrogen-bond donors (Lipinski definition) is 2. The van der Waals surface area contributed by atoms with Crippen LogP contribution in [0.15, 0.2) is 48.5 Å². The zero-order valence-electron chi connectivity index (χ0n) is 13.8. The van der Waals surface area contributed by atoms with Crippen molar-refractivity contribution in [3.63, 3.8) is 0 Å². The maximum atomic E-state index is 12.6. The predicted octanol–water partition coefficient (Wildman–Crippen LogP) is 4.56. The first-order valence-corrected chi connectivity index (χ1v) is 8.72. The molecule has 2 aromatic heterocycles. The Hall–Kier alpha value is -2.99. The van der Waals surface area contributed by atoms with Gasteiger partial charge >= 0.3 is 0 Å². The minimum Gasteiger partial charge on any atom is -0.296 e. The Kier molecular flexibility index (Phi) is 3.82. The number of aromatic nitrogens is 3. The number of nitrogens with zero attached hydrogens (tertiary/aromatic N) is 2.